The molecular formula is C18H22N2O6. The van der Waals surface area contributed by atoms with E-state index in [1.165, 1.54) is 6.92 Å². The van der Waals surface area contributed by atoms with Crippen LogP contribution in [0.25, 0.3) is 10.9 Å². The topological polar surface area (TPSA) is 121 Å². The lowest BCUT2D eigenvalue weighted by Crippen LogP contribution is -2.65. The minimum atomic E-state index is -1.36. The van der Waals surface area contributed by atoms with E-state index in [1.807, 2.05) is 19.1 Å². The number of carbonyl (C=O) groups excluding carboxylic acids is 1. The lowest BCUT2D eigenvalue weighted by Gasteiger charge is -2.42. The van der Waals surface area contributed by atoms with Gasteiger partial charge in [0.25, 0.3) is 0 Å². The summed E-state index contributed by atoms with van der Waals surface area (Å²) < 4.78 is 11.5. The van der Waals surface area contributed by atoms with E-state index in [1.54, 1.807) is 18.3 Å². The van der Waals surface area contributed by atoms with Gasteiger partial charge in [0.1, 0.15) is 35.6 Å². The van der Waals surface area contributed by atoms with Gasteiger partial charge in [0.05, 0.1) is 6.61 Å². The van der Waals surface area contributed by atoms with Crippen molar-refractivity contribution in [2.75, 3.05) is 6.61 Å². The zero-order valence-corrected chi connectivity index (χ0v) is 14.5. The number of aliphatic hydroxyl groups excluding tert-OH is 3. The number of ether oxygens (including phenoxy) is 2. The molecule has 1 aliphatic heterocycles. The average molecular weight is 362 g/mol. The van der Waals surface area contributed by atoms with Gasteiger partial charge in [-0.2, -0.15) is 0 Å². The summed E-state index contributed by atoms with van der Waals surface area (Å²) in [5.41, 5.74) is 1.63. The minimum absolute atomic E-state index is 0.409. The molecule has 0 bridgehead atoms. The summed E-state index contributed by atoms with van der Waals surface area (Å²) in [5, 5.41) is 33.2. The van der Waals surface area contributed by atoms with Gasteiger partial charge >= 0.3 is 0 Å². The zero-order valence-electron chi connectivity index (χ0n) is 14.5. The molecule has 1 aromatic carbocycles. The number of para-hydroxylation sites is 1. The van der Waals surface area contributed by atoms with E-state index >= 15 is 0 Å². The van der Waals surface area contributed by atoms with E-state index in [9.17, 15) is 20.1 Å². The summed E-state index contributed by atoms with van der Waals surface area (Å²) in [7, 11) is 0. The number of aliphatic hydroxyl groups is 3. The second-order valence-electron chi connectivity index (χ2n) is 6.33. The molecule has 5 atom stereocenters. The number of carbonyl (C=O) groups is 1. The number of hydrogen-bond acceptors (Lipinski definition) is 7. The van der Waals surface area contributed by atoms with Crippen LogP contribution in [0.15, 0.2) is 30.5 Å². The van der Waals surface area contributed by atoms with E-state index < -0.39 is 43.2 Å². The Morgan fingerprint density at radius 1 is 1.31 bits per heavy atom. The molecule has 1 aromatic heterocycles. The molecule has 2 aromatic rings. The number of fused-ring (bicyclic) bond motifs is 1. The molecule has 0 radical (unpaired) electrons. The van der Waals surface area contributed by atoms with Gasteiger partial charge in [-0.05, 0) is 24.6 Å². The van der Waals surface area contributed by atoms with Crippen LogP contribution in [0.5, 0.6) is 5.75 Å². The second kappa shape index (κ2) is 7.55. The fourth-order valence-corrected chi connectivity index (χ4v) is 3.08. The fourth-order valence-electron chi connectivity index (χ4n) is 3.08. The van der Waals surface area contributed by atoms with Crippen molar-refractivity contribution >= 4 is 16.8 Å². The van der Waals surface area contributed by atoms with Crippen molar-refractivity contribution in [2.24, 2.45) is 0 Å². The average Bonchev–Trinajstić information content (AvgIpc) is 2.61. The quantitative estimate of drug-likeness (QED) is 0.598. The predicted octanol–water partition coefficient (Wildman–Crippen LogP) is -0.134. The molecule has 8 nitrogen and oxygen atoms in total. The Kier molecular flexibility index (Phi) is 5.38. The number of hydrogen-bond donors (Lipinski definition) is 4. The Morgan fingerprint density at radius 3 is 2.77 bits per heavy atom. The molecule has 1 aliphatic rings. The molecule has 2 heterocycles. The molecule has 0 spiro atoms. The van der Waals surface area contributed by atoms with Crippen molar-refractivity contribution in [1.29, 1.82) is 0 Å². The molecule has 140 valence electrons. The number of pyridine rings is 1. The van der Waals surface area contributed by atoms with E-state index in [2.05, 4.69) is 10.3 Å². The molecule has 1 amide bonds. The third kappa shape index (κ3) is 3.49. The fraction of sp³-hybridized carbons (Fsp3) is 0.444. The summed E-state index contributed by atoms with van der Waals surface area (Å²) in [5.74, 6) is -0.000353. The maximum absolute atomic E-state index is 11.5. The standard InChI is InChI=1S/C18H22N2O6/c1-9-6-7-19-14-11(9)4-3-5-12(14)25-18-15(20-10(2)22)17(24)16(23)13(8-21)26-18/h3-7,13,15-18,21,23-24H,8H2,1-2H3,(H,20,22). The molecule has 4 N–H and O–H groups in total. The van der Waals surface area contributed by atoms with Crippen LogP contribution in [0, 0.1) is 6.92 Å². The van der Waals surface area contributed by atoms with Crippen LogP contribution in [0.3, 0.4) is 0 Å². The smallest absolute Gasteiger partial charge is 0.223 e. The van der Waals surface area contributed by atoms with Gasteiger partial charge in [0.2, 0.25) is 12.2 Å². The van der Waals surface area contributed by atoms with Crippen molar-refractivity contribution in [2.45, 2.75) is 44.5 Å². The molecule has 5 unspecified atom stereocenters. The summed E-state index contributed by atoms with van der Waals surface area (Å²) in [6, 6.07) is 6.29. The summed E-state index contributed by atoms with van der Waals surface area (Å²) in [6.07, 6.45) is -3.21. The highest BCUT2D eigenvalue weighted by Crippen LogP contribution is 2.29. The lowest BCUT2D eigenvalue weighted by molar-refractivity contribution is -0.244. The van der Waals surface area contributed by atoms with Crippen molar-refractivity contribution in [1.82, 2.24) is 10.3 Å². The van der Waals surface area contributed by atoms with Gasteiger partial charge in [0, 0.05) is 18.5 Å². The van der Waals surface area contributed by atoms with Gasteiger partial charge in [-0.25, -0.2) is 0 Å². The van der Waals surface area contributed by atoms with E-state index in [4.69, 9.17) is 9.47 Å². The monoisotopic (exact) mass is 362 g/mol. The number of nitrogens with one attached hydrogen (secondary N) is 1. The third-order valence-corrected chi connectivity index (χ3v) is 4.45. The maximum atomic E-state index is 11.5. The maximum Gasteiger partial charge on any atom is 0.223 e. The minimum Gasteiger partial charge on any atom is -0.460 e. The van der Waals surface area contributed by atoms with Gasteiger partial charge in [-0.3, -0.25) is 9.78 Å². The Morgan fingerprint density at radius 2 is 2.08 bits per heavy atom. The summed E-state index contributed by atoms with van der Waals surface area (Å²) in [6.45, 7) is 2.74. The van der Waals surface area contributed by atoms with Crippen LogP contribution in [-0.2, 0) is 9.53 Å². The molecule has 26 heavy (non-hydrogen) atoms. The van der Waals surface area contributed by atoms with Crippen LogP contribution in [-0.4, -0.2) is 63.5 Å². The highest BCUT2D eigenvalue weighted by atomic mass is 16.7. The molecule has 8 heteroatoms. The van der Waals surface area contributed by atoms with Gasteiger partial charge < -0.3 is 30.1 Å². The van der Waals surface area contributed by atoms with Gasteiger partial charge in [-0.15, -0.1) is 0 Å². The zero-order chi connectivity index (χ0) is 18.8. The van der Waals surface area contributed by atoms with Crippen molar-refractivity contribution < 1.29 is 29.6 Å². The normalized spacial score (nSPS) is 28.7. The van der Waals surface area contributed by atoms with Gasteiger partial charge in [-0.1, -0.05) is 12.1 Å². The Labute approximate surface area is 150 Å². The second-order valence-corrected chi connectivity index (χ2v) is 6.33. The first-order chi connectivity index (χ1) is 12.4. The highest BCUT2D eigenvalue weighted by Gasteiger charge is 2.46. The number of benzene rings is 1. The van der Waals surface area contributed by atoms with Crippen LogP contribution >= 0.6 is 0 Å². The van der Waals surface area contributed by atoms with E-state index in [0.717, 1.165) is 10.9 Å². The molecule has 0 saturated carbocycles. The molecular weight excluding hydrogens is 340 g/mol. The van der Waals surface area contributed by atoms with Crippen molar-refractivity contribution in [3.63, 3.8) is 0 Å². The van der Waals surface area contributed by atoms with Gasteiger partial charge in [0.15, 0.2) is 0 Å². The first-order valence-electron chi connectivity index (χ1n) is 8.33. The van der Waals surface area contributed by atoms with Crippen LogP contribution in [0.2, 0.25) is 0 Å². The first-order valence-corrected chi connectivity index (χ1v) is 8.33. The lowest BCUT2D eigenvalue weighted by atomic mass is 9.97. The van der Waals surface area contributed by atoms with Crippen molar-refractivity contribution in [3.05, 3.63) is 36.0 Å². The number of aryl methyl sites for hydroxylation is 1. The highest BCUT2D eigenvalue weighted by molar-refractivity contribution is 5.87. The van der Waals surface area contributed by atoms with Crippen LogP contribution in [0.4, 0.5) is 0 Å². The molecule has 0 aliphatic carbocycles. The summed E-state index contributed by atoms with van der Waals surface area (Å²) >= 11 is 0. The number of aromatic nitrogens is 1. The number of amides is 1. The third-order valence-electron chi connectivity index (χ3n) is 4.45. The number of rotatable bonds is 4. The molecule has 1 fully saturated rings. The Balaban J connectivity index is 1.95. The Hall–Kier alpha value is -2.26. The number of nitrogens with zero attached hydrogens (tertiary/aromatic N) is 1. The van der Waals surface area contributed by atoms with E-state index in [0.29, 0.717) is 11.3 Å². The molecule has 1 saturated heterocycles. The van der Waals surface area contributed by atoms with Crippen LogP contribution < -0.4 is 10.1 Å². The molecule has 3 rings (SSSR count). The largest absolute Gasteiger partial charge is 0.460 e. The Bertz CT molecular complexity index is 798. The van der Waals surface area contributed by atoms with Crippen molar-refractivity contribution in [3.8, 4) is 5.75 Å². The summed E-state index contributed by atoms with van der Waals surface area (Å²) in [4.78, 5) is 15.8. The van der Waals surface area contributed by atoms with E-state index in [-0.39, 0.29) is 0 Å². The van der Waals surface area contributed by atoms with Crippen LogP contribution in [0.1, 0.15) is 12.5 Å². The SMILES string of the molecule is CC(=O)NC1C(Oc2cccc3c(C)ccnc23)OC(CO)C(O)C1O. The first kappa shape index (κ1) is 18.5. The predicted molar refractivity (Wildman–Crippen MR) is 92.5 cm³/mol.